The number of benzene rings is 3. The van der Waals surface area contributed by atoms with E-state index in [1.807, 2.05) is 80.6 Å². The van der Waals surface area contributed by atoms with Crippen LogP contribution in [0.25, 0.3) is 0 Å². The zero-order valence-corrected chi connectivity index (χ0v) is 18.2. The van der Waals surface area contributed by atoms with E-state index in [1.54, 1.807) is 12.1 Å². The Balaban J connectivity index is 1.39. The first-order valence-electron chi connectivity index (χ1n) is 10.5. The number of para-hydroxylation sites is 1. The SMILES string of the molecule is Cc1cccc(OCCNC(=O)N[C@H](C)c2ccc(NC(=O)Nc3ccccc3)cc2)c1. The van der Waals surface area contributed by atoms with Crippen LogP contribution < -0.4 is 26.0 Å². The van der Waals surface area contributed by atoms with Gasteiger partial charge >= 0.3 is 12.1 Å². The summed E-state index contributed by atoms with van der Waals surface area (Å²) < 4.78 is 5.63. The Morgan fingerprint density at radius 1 is 0.844 bits per heavy atom. The minimum Gasteiger partial charge on any atom is -0.492 e. The van der Waals surface area contributed by atoms with Crippen LogP contribution in [0.4, 0.5) is 21.0 Å². The van der Waals surface area contributed by atoms with Crippen molar-refractivity contribution in [3.8, 4) is 5.75 Å². The van der Waals surface area contributed by atoms with Crippen molar-refractivity contribution in [1.82, 2.24) is 10.6 Å². The summed E-state index contributed by atoms with van der Waals surface area (Å²) >= 11 is 0. The summed E-state index contributed by atoms with van der Waals surface area (Å²) in [6, 6.07) is 23.5. The Morgan fingerprint density at radius 2 is 1.53 bits per heavy atom. The zero-order chi connectivity index (χ0) is 22.8. The fourth-order valence-corrected chi connectivity index (χ4v) is 3.04. The molecule has 0 fully saturated rings. The molecule has 32 heavy (non-hydrogen) atoms. The number of hydrogen-bond donors (Lipinski definition) is 4. The lowest BCUT2D eigenvalue weighted by molar-refractivity contribution is 0.233. The fourth-order valence-electron chi connectivity index (χ4n) is 3.04. The van der Waals surface area contributed by atoms with Gasteiger partial charge in [0.1, 0.15) is 12.4 Å². The normalized spacial score (nSPS) is 11.2. The molecule has 0 spiro atoms. The number of rotatable bonds is 8. The van der Waals surface area contributed by atoms with Gasteiger partial charge in [-0.25, -0.2) is 9.59 Å². The molecule has 0 heterocycles. The first-order valence-corrected chi connectivity index (χ1v) is 10.5. The van der Waals surface area contributed by atoms with E-state index in [-0.39, 0.29) is 18.1 Å². The third kappa shape index (κ3) is 7.36. The molecule has 166 valence electrons. The minimum absolute atomic E-state index is 0.195. The van der Waals surface area contributed by atoms with Gasteiger partial charge in [0.05, 0.1) is 12.6 Å². The van der Waals surface area contributed by atoms with Crippen molar-refractivity contribution in [3.05, 3.63) is 90.0 Å². The molecule has 4 N–H and O–H groups in total. The molecular formula is C25H28N4O3. The third-order valence-electron chi connectivity index (χ3n) is 4.69. The molecule has 4 amide bonds. The van der Waals surface area contributed by atoms with Gasteiger partial charge in [0.25, 0.3) is 0 Å². The van der Waals surface area contributed by atoms with Crippen molar-refractivity contribution in [1.29, 1.82) is 0 Å². The van der Waals surface area contributed by atoms with E-state index >= 15 is 0 Å². The summed E-state index contributed by atoms with van der Waals surface area (Å²) in [5, 5.41) is 11.2. The molecule has 0 bridgehead atoms. The predicted molar refractivity (Wildman–Crippen MR) is 127 cm³/mol. The smallest absolute Gasteiger partial charge is 0.323 e. The van der Waals surface area contributed by atoms with Crippen molar-refractivity contribution < 1.29 is 14.3 Å². The number of urea groups is 2. The first-order chi connectivity index (χ1) is 15.5. The summed E-state index contributed by atoms with van der Waals surface area (Å²) in [6.45, 7) is 4.68. The Kier molecular flexibility index (Phi) is 8.09. The number of hydrogen-bond acceptors (Lipinski definition) is 3. The van der Waals surface area contributed by atoms with Crippen LogP contribution in [0.1, 0.15) is 24.1 Å². The van der Waals surface area contributed by atoms with Crippen LogP contribution >= 0.6 is 0 Å². The standard InChI is InChI=1S/C25H28N4O3/c1-18-7-6-10-23(17-18)32-16-15-26-24(30)27-19(2)20-11-13-22(14-12-20)29-25(31)28-21-8-4-3-5-9-21/h3-14,17,19H,15-16H2,1-2H3,(H2,26,27,30)(H2,28,29,31)/t19-/m1/s1. The van der Waals surface area contributed by atoms with Gasteiger partial charge < -0.3 is 26.0 Å². The van der Waals surface area contributed by atoms with E-state index in [1.165, 1.54) is 0 Å². The molecule has 3 aromatic rings. The number of aryl methyl sites for hydroxylation is 1. The van der Waals surface area contributed by atoms with Gasteiger partial charge in [-0.15, -0.1) is 0 Å². The maximum Gasteiger partial charge on any atom is 0.323 e. The zero-order valence-electron chi connectivity index (χ0n) is 18.2. The monoisotopic (exact) mass is 432 g/mol. The van der Waals surface area contributed by atoms with Crippen molar-refractivity contribution in [2.45, 2.75) is 19.9 Å². The second-order valence-corrected chi connectivity index (χ2v) is 7.35. The highest BCUT2D eigenvalue weighted by atomic mass is 16.5. The second-order valence-electron chi connectivity index (χ2n) is 7.35. The van der Waals surface area contributed by atoms with Crippen LogP contribution in [-0.4, -0.2) is 25.2 Å². The topological polar surface area (TPSA) is 91.5 Å². The molecule has 0 aromatic heterocycles. The number of carbonyl (C=O) groups excluding carboxylic acids is 2. The number of nitrogens with one attached hydrogen (secondary N) is 4. The van der Waals surface area contributed by atoms with Gasteiger partial charge in [0.15, 0.2) is 0 Å². The minimum atomic E-state index is -0.317. The highest BCUT2D eigenvalue weighted by Gasteiger charge is 2.10. The Bertz CT molecular complexity index is 1020. The quantitative estimate of drug-likeness (QED) is 0.374. The van der Waals surface area contributed by atoms with E-state index in [9.17, 15) is 9.59 Å². The number of amides is 4. The van der Waals surface area contributed by atoms with Crippen LogP contribution in [0, 0.1) is 6.92 Å². The highest BCUT2D eigenvalue weighted by Crippen LogP contribution is 2.16. The average Bonchev–Trinajstić information content (AvgIpc) is 2.78. The molecule has 0 aliphatic carbocycles. The van der Waals surface area contributed by atoms with E-state index in [4.69, 9.17) is 4.74 Å². The molecule has 1 atom stereocenters. The van der Waals surface area contributed by atoms with E-state index in [2.05, 4.69) is 21.3 Å². The van der Waals surface area contributed by atoms with Crippen LogP contribution in [0.2, 0.25) is 0 Å². The fraction of sp³-hybridized carbons (Fsp3) is 0.200. The molecule has 7 nitrogen and oxygen atoms in total. The Hall–Kier alpha value is -4.00. The summed E-state index contributed by atoms with van der Waals surface area (Å²) in [5.41, 5.74) is 3.42. The predicted octanol–water partition coefficient (Wildman–Crippen LogP) is 5.08. The molecule has 0 unspecified atom stereocenters. The number of anilines is 2. The maximum absolute atomic E-state index is 12.1. The highest BCUT2D eigenvalue weighted by molar-refractivity contribution is 5.99. The maximum atomic E-state index is 12.1. The molecule has 3 rings (SSSR count). The van der Waals surface area contributed by atoms with Crippen LogP contribution in [-0.2, 0) is 0 Å². The molecule has 7 heteroatoms. The van der Waals surface area contributed by atoms with Crippen LogP contribution in [0.15, 0.2) is 78.9 Å². The molecule has 0 aliphatic rings. The summed E-state index contributed by atoms with van der Waals surface area (Å²) in [4.78, 5) is 24.2. The summed E-state index contributed by atoms with van der Waals surface area (Å²) in [5.74, 6) is 0.784. The molecule has 0 radical (unpaired) electrons. The lowest BCUT2D eigenvalue weighted by Gasteiger charge is -2.16. The average molecular weight is 433 g/mol. The van der Waals surface area contributed by atoms with Crippen molar-refractivity contribution >= 4 is 23.4 Å². The first kappa shape index (κ1) is 22.7. The lowest BCUT2D eigenvalue weighted by Crippen LogP contribution is -2.38. The third-order valence-corrected chi connectivity index (χ3v) is 4.69. The number of ether oxygens (including phenoxy) is 1. The van der Waals surface area contributed by atoms with Gasteiger partial charge in [-0.1, -0.05) is 42.5 Å². The van der Waals surface area contributed by atoms with Crippen molar-refractivity contribution in [2.75, 3.05) is 23.8 Å². The Labute approximate surface area is 188 Å². The van der Waals surface area contributed by atoms with Crippen LogP contribution in [0.5, 0.6) is 5.75 Å². The second kappa shape index (κ2) is 11.4. The number of carbonyl (C=O) groups is 2. The molecule has 0 saturated carbocycles. The van der Waals surface area contributed by atoms with E-state index < -0.39 is 0 Å². The van der Waals surface area contributed by atoms with Crippen molar-refractivity contribution in [2.24, 2.45) is 0 Å². The molecule has 0 aliphatic heterocycles. The largest absolute Gasteiger partial charge is 0.492 e. The van der Waals surface area contributed by atoms with Gasteiger partial charge in [-0.2, -0.15) is 0 Å². The molecular weight excluding hydrogens is 404 g/mol. The van der Waals surface area contributed by atoms with Gasteiger partial charge in [-0.3, -0.25) is 0 Å². The van der Waals surface area contributed by atoms with Crippen molar-refractivity contribution in [3.63, 3.8) is 0 Å². The van der Waals surface area contributed by atoms with Crippen LogP contribution in [0.3, 0.4) is 0 Å². The van der Waals surface area contributed by atoms with E-state index in [0.29, 0.717) is 18.8 Å². The molecule has 3 aromatic carbocycles. The lowest BCUT2D eigenvalue weighted by atomic mass is 10.1. The van der Waals surface area contributed by atoms with Gasteiger partial charge in [0.2, 0.25) is 0 Å². The summed E-state index contributed by atoms with van der Waals surface area (Å²) in [7, 11) is 0. The summed E-state index contributed by atoms with van der Waals surface area (Å²) in [6.07, 6.45) is 0. The molecule has 0 saturated heterocycles. The van der Waals surface area contributed by atoms with Gasteiger partial charge in [-0.05, 0) is 61.4 Å². The Morgan fingerprint density at radius 3 is 2.22 bits per heavy atom. The van der Waals surface area contributed by atoms with E-state index in [0.717, 1.165) is 22.6 Å². The van der Waals surface area contributed by atoms with Gasteiger partial charge in [0, 0.05) is 11.4 Å².